The van der Waals surface area contributed by atoms with E-state index in [-0.39, 0.29) is 0 Å². The van der Waals surface area contributed by atoms with Crippen molar-refractivity contribution < 1.29 is 0 Å². The van der Waals surface area contributed by atoms with E-state index in [9.17, 15) is 0 Å². The van der Waals surface area contributed by atoms with Crippen LogP contribution in [0.2, 0.25) is 0 Å². The summed E-state index contributed by atoms with van der Waals surface area (Å²) in [7, 11) is 0. The first-order chi connectivity index (χ1) is 9.63. The van der Waals surface area contributed by atoms with Crippen LogP contribution in [0.25, 0.3) is 10.8 Å². The molecule has 0 unspecified atom stereocenters. The number of hydrogen-bond acceptors (Lipinski definition) is 4. The fourth-order valence-electron chi connectivity index (χ4n) is 2.24. The number of nitrogens with zero attached hydrogens (tertiary/aromatic N) is 2. The van der Waals surface area contributed by atoms with Crippen LogP contribution in [0.15, 0.2) is 52.6 Å². The van der Waals surface area contributed by atoms with Crippen molar-refractivity contribution in [3.05, 3.63) is 54.0 Å². The summed E-state index contributed by atoms with van der Waals surface area (Å²) < 4.78 is 0. The minimum atomic E-state index is 0.755. The number of anilines is 1. The van der Waals surface area contributed by atoms with Gasteiger partial charge in [0.15, 0.2) is 0 Å². The Bertz CT molecular complexity index is 764. The van der Waals surface area contributed by atoms with Crippen molar-refractivity contribution in [2.75, 3.05) is 5.73 Å². The topological polar surface area (TPSA) is 51.8 Å². The van der Waals surface area contributed by atoms with Crippen molar-refractivity contribution in [1.82, 2.24) is 9.97 Å². The maximum Gasteiger partial charge on any atom is 0.101 e. The second-order valence-corrected chi connectivity index (χ2v) is 5.86. The molecule has 0 bridgehead atoms. The first-order valence-electron chi connectivity index (χ1n) is 6.39. The molecule has 100 valence electrons. The first kappa shape index (κ1) is 12.9. The molecular weight excluding hydrogens is 266 g/mol. The number of pyridine rings is 2. The highest BCUT2D eigenvalue weighted by atomic mass is 32.2. The van der Waals surface area contributed by atoms with Crippen LogP contribution in [-0.4, -0.2) is 9.97 Å². The molecular formula is C16H15N3S. The highest BCUT2D eigenvalue weighted by molar-refractivity contribution is 7.99. The molecule has 0 atom stereocenters. The molecule has 2 heterocycles. The highest BCUT2D eigenvalue weighted by Gasteiger charge is 2.07. The Kier molecular flexibility index (Phi) is 3.32. The molecule has 20 heavy (non-hydrogen) atoms. The number of aromatic nitrogens is 2. The lowest BCUT2D eigenvalue weighted by atomic mass is 10.1. The fourth-order valence-corrected chi connectivity index (χ4v) is 3.33. The van der Waals surface area contributed by atoms with Gasteiger partial charge in [-0.15, -0.1) is 0 Å². The van der Waals surface area contributed by atoms with Gasteiger partial charge in [-0.3, -0.25) is 4.98 Å². The van der Waals surface area contributed by atoms with E-state index in [0.29, 0.717) is 0 Å². The van der Waals surface area contributed by atoms with Crippen LogP contribution in [0.3, 0.4) is 0 Å². The van der Waals surface area contributed by atoms with E-state index in [1.165, 1.54) is 5.56 Å². The van der Waals surface area contributed by atoms with Crippen molar-refractivity contribution in [2.24, 2.45) is 0 Å². The van der Waals surface area contributed by atoms with Gasteiger partial charge in [-0.05, 0) is 49.7 Å². The Labute approximate surface area is 122 Å². The smallest absolute Gasteiger partial charge is 0.101 e. The van der Waals surface area contributed by atoms with Gasteiger partial charge in [-0.2, -0.15) is 0 Å². The maximum absolute atomic E-state index is 6.00. The van der Waals surface area contributed by atoms with E-state index in [1.54, 1.807) is 18.0 Å². The number of fused-ring (bicyclic) bond motifs is 1. The summed E-state index contributed by atoms with van der Waals surface area (Å²) in [5.41, 5.74) is 9.02. The summed E-state index contributed by atoms with van der Waals surface area (Å²) in [5, 5.41) is 3.11. The van der Waals surface area contributed by atoms with Gasteiger partial charge in [-0.1, -0.05) is 11.8 Å². The zero-order valence-corrected chi connectivity index (χ0v) is 12.2. The number of hydrogen-bond donors (Lipinski definition) is 1. The second-order valence-electron chi connectivity index (χ2n) is 4.80. The van der Waals surface area contributed by atoms with E-state index < -0.39 is 0 Å². The van der Waals surface area contributed by atoms with Crippen molar-refractivity contribution in [1.29, 1.82) is 0 Å². The van der Waals surface area contributed by atoms with Crippen LogP contribution in [-0.2, 0) is 0 Å². The molecule has 1 aromatic carbocycles. The predicted molar refractivity (Wildman–Crippen MR) is 84.0 cm³/mol. The van der Waals surface area contributed by atoms with Gasteiger partial charge < -0.3 is 5.73 Å². The molecule has 0 saturated heterocycles. The first-order valence-corrected chi connectivity index (χ1v) is 7.20. The van der Waals surface area contributed by atoms with Crippen molar-refractivity contribution in [3.8, 4) is 0 Å². The number of aryl methyl sites for hydroxylation is 2. The standard InChI is InChI=1S/C16H15N3S/c1-10-7-11(2)19-16(8-10)20-15-4-3-14(17)13-9-18-6-5-12(13)15/h3-9H,17H2,1-2H3. The lowest BCUT2D eigenvalue weighted by Gasteiger charge is -2.08. The zero-order valence-electron chi connectivity index (χ0n) is 11.4. The lowest BCUT2D eigenvalue weighted by Crippen LogP contribution is -1.90. The van der Waals surface area contributed by atoms with Gasteiger partial charge in [0.1, 0.15) is 5.03 Å². The minimum absolute atomic E-state index is 0.755. The Balaban J connectivity index is 2.09. The van der Waals surface area contributed by atoms with Crippen molar-refractivity contribution in [2.45, 2.75) is 23.8 Å². The Morgan fingerprint density at radius 3 is 2.70 bits per heavy atom. The summed E-state index contributed by atoms with van der Waals surface area (Å²) in [4.78, 5) is 9.87. The highest BCUT2D eigenvalue weighted by Crippen LogP contribution is 2.34. The monoisotopic (exact) mass is 281 g/mol. The normalized spacial score (nSPS) is 10.9. The Morgan fingerprint density at radius 1 is 1.05 bits per heavy atom. The van der Waals surface area contributed by atoms with E-state index >= 15 is 0 Å². The Hall–Kier alpha value is -2.07. The Morgan fingerprint density at radius 2 is 1.90 bits per heavy atom. The number of nitrogens with two attached hydrogens (primary N) is 1. The van der Waals surface area contributed by atoms with Crippen LogP contribution in [0.4, 0.5) is 5.69 Å². The predicted octanol–water partition coefficient (Wildman–Crippen LogP) is 3.98. The van der Waals surface area contributed by atoms with Crippen molar-refractivity contribution >= 4 is 28.2 Å². The fraction of sp³-hybridized carbons (Fsp3) is 0.125. The molecule has 3 nitrogen and oxygen atoms in total. The van der Waals surface area contributed by atoms with E-state index in [4.69, 9.17) is 5.73 Å². The molecule has 0 fully saturated rings. The second kappa shape index (κ2) is 5.13. The van der Waals surface area contributed by atoms with Gasteiger partial charge in [-0.25, -0.2) is 4.98 Å². The number of rotatable bonds is 2. The van der Waals surface area contributed by atoms with Gasteiger partial charge in [0.2, 0.25) is 0 Å². The molecule has 0 aliphatic carbocycles. The largest absolute Gasteiger partial charge is 0.398 e. The summed E-state index contributed by atoms with van der Waals surface area (Å²) >= 11 is 1.66. The van der Waals surface area contributed by atoms with Crippen LogP contribution in [0.1, 0.15) is 11.3 Å². The molecule has 0 aliphatic rings. The third kappa shape index (κ3) is 2.47. The molecule has 0 radical (unpaired) electrons. The molecule has 2 aromatic heterocycles. The van der Waals surface area contributed by atoms with Gasteiger partial charge in [0.25, 0.3) is 0 Å². The summed E-state index contributed by atoms with van der Waals surface area (Å²) in [6.07, 6.45) is 3.60. The molecule has 3 aromatic rings. The maximum atomic E-state index is 6.00. The van der Waals surface area contributed by atoms with Gasteiger partial charge in [0.05, 0.1) is 0 Å². The molecule has 0 saturated carbocycles. The van der Waals surface area contributed by atoms with Crippen LogP contribution >= 0.6 is 11.8 Å². The average molecular weight is 281 g/mol. The van der Waals surface area contributed by atoms with E-state index in [1.807, 2.05) is 31.3 Å². The summed E-state index contributed by atoms with van der Waals surface area (Å²) in [6, 6.07) is 10.1. The number of benzene rings is 1. The third-order valence-electron chi connectivity index (χ3n) is 3.10. The third-order valence-corrected chi connectivity index (χ3v) is 4.09. The zero-order chi connectivity index (χ0) is 14.1. The molecule has 0 amide bonds. The summed E-state index contributed by atoms with van der Waals surface area (Å²) in [6.45, 7) is 4.10. The lowest BCUT2D eigenvalue weighted by molar-refractivity contribution is 1.05. The molecule has 0 aliphatic heterocycles. The molecule has 2 N–H and O–H groups in total. The average Bonchev–Trinajstić information content (AvgIpc) is 2.41. The number of nitrogen functional groups attached to an aromatic ring is 1. The van der Waals surface area contributed by atoms with Crippen LogP contribution in [0.5, 0.6) is 0 Å². The molecule has 3 rings (SSSR count). The molecule has 0 spiro atoms. The van der Waals surface area contributed by atoms with E-state index in [2.05, 4.69) is 29.0 Å². The van der Waals surface area contributed by atoms with E-state index in [0.717, 1.165) is 32.1 Å². The van der Waals surface area contributed by atoms with Gasteiger partial charge in [0, 0.05) is 39.4 Å². The quantitative estimate of drug-likeness (QED) is 0.722. The van der Waals surface area contributed by atoms with Crippen LogP contribution < -0.4 is 5.73 Å². The SMILES string of the molecule is Cc1cc(C)nc(Sc2ccc(N)c3cnccc23)c1. The van der Waals surface area contributed by atoms with Crippen LogP contribution in [0, 0.1) is 13.8 Å². The summed E-state index contributed by atoms with van der Waals surface area (Å²) in [5.74, 6) is 0. The molecule has 4 heteroatoms. The minimum Gasteiger partial charge on any atom is -0.398 e. The van der Waals surface area contributed by atoms with Crippen molar-refractivity contribution in [3.63, 3.8) is 0 Å². The van der Waals surface area contributed by atoms with Gasteiger partial charge >= 0.3 is 0 Å².